The van der Waals surface area contributed by atoms with Gasteiger partial charge >= 0.3 is 0 Å². The van der Waals surface area contributed by atoms with E-state index in [2.05, 4.69) is 34.6 Å². The van der Waals surface area contributed by atoms with Crippen LogP contribution in [0.5, 0.6) is 0 Å². The number of anilines is 2. The number of benzene rings is 1. The van der Waals surface area contributed by atoms with Gasteiger partial charge in [-0.05, 0) is 99.3 Å². The average molecular weight is 424 g/mol. The minimum atomic E-state index is -0.132. The van der Waals surface area contributed by atoms with Crippen molar-refractivity contribution >= 4 is 23.2 Å². The highest BCUT2D eigenvalue weighted by Crippen LogP contribution is 2.60. The Morgan fingerprint density at radius 1 is 0.968 bits per heavy atom. The van der Waals surface area contributed by atoms with E-state index in [9.17, 15) is 9.59 Å². The van der Waals surface area contributed by atoms with Crippen LogP contribution in [-0.2, 0) is 9.59 Å². The van der Waals surface area contributed by atoms with E-state index in [1.165, 1.54) is 37.8 Å². The lowest BCUT2D eigenvalue weighted by Gasteiger charge is -2.55. The number of amides is 2. The molecule has 0 radical (unpaired) electrons. The van der Waals surface area contributed by atoms with Crippen molar-refractivity contribution in [1.29, 1.82) is 0 Å². The van der Waals surface area contributed by atoms with E-state index >= 15 is 0 Å². The zero-order valence-corrected chi connectivity index (χ0v) is 18.9. The predicted octanol–water partition coefficient (Wildman–Crippen LogP) is 4.58. The lowest BCUT2D eigenvalue weighted by atomic mass is 9.49. The number of hydrogen-bond donors (Lipinski definition) is 2. The fraction of sp³-hybridized carbons (Fsp3) is 0.692. The summed E-state index contributed by atoms with van der Waals surface area (Å²) in [5.41, 5.74) is 1.92. The van der Waals surface area contributed by atoms with E-state index in [4.69, 9.17) is 0 Å². The van der Waals surface area contributed by atoms with Crippen molar-refractivity contribution in [2.24, 2.45) is 29.1 Å². The van der Waals surface area contributed by atoms with Gasteiger partial charge in [0.25, 0.3) is 0 Å². The number of piperidine rings is 1. The van der Waals surface area contributed by atoms with Gasteiger partial charge in [-0.3, -0.25) is 9.59 Å². The van der Waals surface area contributed by atoms with Crippen LogP contribution in [0.3, 0.4) is 0 Å². The van der Waals surface area contributed by atoms with Gasteiger partial charge in [0, 0.05) is 42.8 Å². The zero-order valence-electron chi connectivity index (χ0n) is 18.9. The molecule has 168 valence electrons. The summed E-state index contributed by atoms with van der Waals surface area (Å²) in [5.74, 6) is 3.27. The molecule has 4 aliphatic carbocycles. The molecule has 1 heterocycles. The number of nitrogens with one attached hydrogen (secondary N) is 2. The molecule has 5 heteroatoms. The maximum absolute atomic E-state index is 13.0. The first-order chi connectivity index (χ1) is 15.0. The van der Waals surface area contributed by atoms with Gasteiger partial charge in [0.2, 0.25) is 11.8 Å². The van der Waals surface area contributed by atoms with Gasteiger partial charge in [0.1, 0.15) is 0 Å². The van der Waals surface area contributed by atoms with Crippen LogP contribution in [0.15, 0.2) is 24.3 Å². The van der Waals surface area contributed by atoms with Crippen LogP contribution in [-0.4, -0.2) is 31.4 Å². The van der Waals surface area contributed by atoms with E-state index in [0.717, 1.165) is 61.7 Å². The maximum Gasteiger partial charge on any atom is 0.226 e. The largest absolute Gasteiger partial charge is 0.372 e. The van der Waals surface area contributed by atoms with E-state index in [0.29, 0.717) is 13.0 Å². The summed E-state index contributed by atoms with van der Waals surface area (Å²) in [6.45, 7) is 4.96. The van der Waals surface area contributed by atoms with Crippen LogP contribution in [0.2, 0.25) is 0 Å². The molecule has 2 amide bonds. The number of carbonyl (C=O) groups is 2. The third kappa shape index (κ3) is 4.47. The third-order valence-electron chi connectivity index (χ3n) is 8.46. The van der Waals surface area contributed by atoms with Crippen LogP contribution in [0, 0.1) is 29.1 Å². The first-order valence-electron chi connectivity index (χ1n) is 12.4. The molecule has 1 aromatic rings. The molecule has 1 saturated heterocycles. The molecule has 2 N–H and O–H groups in total. The second kappa shape index (κ2) is 8.48. The van der Waals surface area contributed by atoms with Gasteiger partial charge < -0.3 is 15.5 Å². The Kier molecular flexibility index (Phi) is 5.70. The predicted molar refractivity (Wildman–Crippen MR) is 124 cm³/mol. The Morgan fingerprint density at radius 3 is 2.13 bits per heavy atom. The Bertz CT molecular complexity index is 775. The lowest BCUT2D eigenvalue weighted by molar-refractivity contribution is -0.146. The minimum absolute atomic E-state index is 0.0367. The fourth-order valence-electron chi connectivity index (χ4n) is 7.11. The summed E-state index contributed by atoms with van der Waals surface area (Å²) in [6.07, 6.45) is 10.0. The second-order valence-corrected chi connectivity index (χ2v) is 11.0. The van der Waals surface area contributed by atoms with Gasteiger partial charge in [0.05, 0.1) is 0 Å². The van der Waals surface area contributed by atoms with E-state index in [1.807, 2.05) is 12.1 Å². The monoisotopic (exact) mass is 423 g/mol. The molecule has 4 saturated carbocycles. The zero-order chi connectivity index (χ0) is 21.4. The van der Waals surface area contributed by atoms with Crippen molar-refractivity contribution in [2.75, 3.05) is 29.9 Å². The normalized spacial score (nSPS) is 32.2. The molecule has 1 aliphatic heterocycles. The smallest absolute Gasteiger partial charge is 0.226 e. The highest BCUT2D eigenvalue weighted by Gasteiger charge is 2.54. The first kappa shape index (κ1) is 20.8. The summed E-state index contributed by atoms with van der Waals surface area (Å²) in [7, 11) is 0. The molecule has 0 atom stereocenters. The molecule has 5 nitrogen and oxygen atoms in total. The van der Waals surface area contributed by atoms with Crippen LogP contribution < -0.4 is 15.5 Å². The quantitative estimate of drug-likeness (QED) is 0.704. The van der Waals surface area contributed by atoms with E-state index in [1.54, 1.807) is 0 Å². The van der Waals surface area contributed by atoms with E-state index < -0.39 is 0 Å². The number of hydrogen-bond acceptors (Lipinski definition) is 3. The van der Waals surface area contributed by atoms with Crippen molar-refractivity contribution in [3.05, 3.63) is 24.3 Å². The molecule has 0 spiro atoms. The summed E-state index contributed by atoms with van der Waals surface area (Å²) in [5, 5.41) is 6.09. The third-order valence-corrected chi connectivity index (χ3v) is 8.46. The first-order valence-corrected chi connectivity index (χ1v) is 12.4. The summed E-state index contributed by atoms with van der Waals surface area (Å²) in [4.78, 5) is 27.8. The maximum atomic E-state index is 13.0. The fourth-order valence-corrected chi connectivity index (χ4v) is 7.11. The molecule has 5 fully saturated rings. The molecule has 0 aromatic heterocycles. The molecule has 31 heavy (non-hydrogen) atoms. The molecule has 5 aliphatic rings. The van der Waals surface area contributed by atoms with Crippen molar-refractivity contribution < 1.29 is 9.59 Å². The molecule has 4 bridgehead atoms. The van der Waals surface area contributed by atoms with Crippen molar-refractivity contribution in [3.8, 4) is 0 Å². The molecule has 1 aromatic carbocycles. The summed E-state index contributed by atoms with van der Waals surface area (Å²) in [6, 6.07) is 8.17. The van der Waals surface area contributed by atoms with Crippen molar-refractivity contribution in [3.63, 3.8) is 0 Å². The van der Waals surface area contributed by atoms with Crippen LogP contribution in [0.1, 0.15) is 64.7 Å². The summed E-state index contributed by atoms with van der Waals surface area (Å²) >= 11 is 0. The van der Waals surface area contributed by atoms with Crippen LogP contribution in [0.4, 0.5) is 11.4 Å². The highest BCUT2D eigenvalue weighted by atomic mass is 16.2. The number of rotatable bonds is 6. The molecule has 0 unspecified atom stereocenters. The van der Waals surface area contributed by atoms with Gasteiger partial charge in [0.15, 0.2) is 0 Å². The minimum Gasteiger partial charge on any atom is -0.372 e. The van der Waals surface area contributed by atoms with Crippen molar-refractivity contribution in [1.82, 2.24) is 5.32 Å². The SMILES string of the molecule is CC1CCN(c2ccc(NC(=O)CCNC(=O)C34CC5CC(CC(C5)C3)C4)cc2)CC1. The van der Waals surface area contributed by atoms with Crippen LogP contribution in [0.25, 0.3) is 0 Å². The van der Waals surface area contributed by atoms with Gasteiger partial charge in [-0.1, -0.05) is 6.92 Å². The number of nitrogens with zero attached hydrogens (tertiary/aromatic N) is 1. The molecular formula is C26H37N3O2. The summed E-state index contributed by atoms with van der Waals surface area (Å²) < 4.78 is 0. The Hall–Kier alpha value is -2.04. The van der Waals surface area contributed by atoms with Gasteiger partial charge in [-0.25, -0.2) is 0 Å². The van der Waals surface area contributed by atoms with Crippen molar-refractivity contribution in [2.45, 2.75) is 64.7 Å². The molecular weight excluding hydrogens is 386 g/mol. The molecule has 6 rings (SSSR count). The van der Waals surface area contributed by atoms with E-state index in [-0.39, 0.29) is 17.2 Å². The van der Waals surface area contributed by atoms with Gasteiger partial charge in [-0.2, -0.15) is 0 Å². The Morgan fingerprint density at radius 2 is 1.55 bits per heavy atom. The second-order valence-electron chi connectivity index (χ2n) is 11.0. The number of carbonyl (C=O) groups excluding carboxylic acids is 2. The topological polar surface area (TPSA) is 61.4 Å². The highest BCUT2D eigenvalue weighted by molar-refractivity contribution is 5.91. The Balaban J connectivity index is 1.07. The Labute approximate surface area is 186 Å². The standard InChI is InChI=1S/C26H37N3O2/c1-18-7-10-29(11-8-18)23-4-2-22(3-5-23)28-24(30)6-9-27-25(31)26-15-19-12-20(16-26)14-21(13-19)17-26/h2-5,18-21H,6-17H2,1H3,(H,27,31)(H,28,30). The average Bonchev–Trinajstić information content (AvgIpc) is 2.74. The van der Waals surface area contributed by atoms with Crippen LogP contribution >= 0.6 is 0 Å². The van der Waals surface area contributed by atoms with Gasteiger partial charge in [-0.15, -0.1) is 0 Å². The lowest BCUT2D eigenvalue weighted by Crippen LogP contribution is -2.53.